The SMILES string of the molecule is Cc1ccc(N2CCOCC2)c(CN(C)C)n1. The van der Waals surface area contributed by atoms with Crippen molar-refractivity contribution >= 4 is 5.69 Å². The molecule has 2 rings (SSSR count). The highest BCUT2D eigenvalue weighted by Crippen LogP contribution is 2.21. The number of aromatic nitrogens is 1. The Morgan fingerprint density at radius 3 is 2.65 bits per heavy atom. The van der Waals surface area contributed by atoms with Crippen LogP contribution < -0.4 is 4.90 Å². The van der Waals surface area contributed by atoms with Gasteiger partial charge in [-0.05, 0) is 33.2 Å². The van der Waals surface area contributed by atoms with Crippen LogP contribution in [0.2, 0.25) is 0 Å². The number of hydrogen-bond donors (Lipinski definition) is 0. The van der Waals surface area contributed by atoms with Crippen molar-refractivity contribution in [2.24, 2.45) is 0 Å². The Morgan fingerprint density at radius 1 is 1.29 bits per heavy atom. The maximum Gasteiger partial charge on any atom is 0.0779 e. The third-order valence-electron chi connectivity index (χ3n) is 2.91. The van der Waals surface area contributed by atoms with Crippen LogP contribution in [-0.4, -0.2) is 50.3 Å². The van der Waals surface area contributed by atoms with E-state index in [0.29, 0.717) is 0 Å². The highest BCUT2D eigenvalue weighted by Gasteiger charge is 2.15. The molecule has 0 amide bonds. The van der Waals surface area contributed by atoms with Crippen molar-refractivity contribution in [3.63, 3.8) is 0 Å². The van der Waals surface area contributed by atoms with Gasteiger partial charge in [-0.25, -0.2) is 0 Å². The van der Waals surface area contributed by atoms with Gasteiger partial charge in [-0.2, -0.15) is 0 Å². The van der Waals surface area contributed by atoms with Crippen LogP contribution in [0.15, 0.2) is 12.1 Å². The minimum atomic E-state index is 0.815. The van der Waals surface area contributed by atoms with Gasteiger partial charge in [0.05, 0.1) is 24.6 Å². The molecular formula is C13H21N3O. The zero-order valence-electron chi connectivity index (χ0n) is 10.9. The molecule has 94 valence electrons. The van der Waals surface area contributed by atoms with Crippen LogP contribution in [0.25, 0.3) is 0 Å². The molecule has 4 nitrogen and oxygen atoms in total. The minimum absolute atomic E-state index is 0.815. The van der Waals surface area contributed by atoms with Gasteiger partial charge in [0.25, 0.3) is 0 Å². The standard InChI is InChI=1S/C13H21N3O/c1-11-4-5-13(12(14-11)10-15(2)3)16-6-8-17-9-7-16/h4-5H,6-10H2,1-3H3. The molecule has 1 fully saturated rings. The lowest BCUT2D eigenvalue weighted by molar-refractivity contribution is 0.122. The second kappa shape index (κ2) is 5.47. The summed E-state index contributed by atoms with van der Waals surface area (Å²) in [6, 6.07) is 4.27. The third-order valence-corrected chi connectivity index (χ3v) is 2.91. The maximum atomic E-state index is 5.39. The average molecular weight is 235 g/mol. The molecule has 0 unspecified atom stereocenters. The van der Waals surface area contributed by atoms with Crippen molar-refractivity contribution in [1.29, 1.82) is 0 Å². The van der Waals surface area contributed by atoms with E-state index in [0.717, 1.165) is 44.2 Å². The largest absolute Gasteiger partial charge is 0.378 e. The van der Waals surface area contributed by atoms with Crippen LogP contribution in [-0.2, 0) is 11.3 Å². The minimum Gasteiger partial charge on any atom is -0.378 e. The molecule has 1 aromatic rings. The first-order valence-electron chi connectivity index (χ1n) is 6.11. The van der Waals surface area contributed by atoms with Crippen LogP contribution in [0.3, 0.4) is 0 Å². The fourth-order valence-electron chi connectivity index (χ4n) is 2.11. The first-order chi connectivity index (χ1) is 8.16. The van der Waals surface area contributed by atoms with E-state index in [1.54, 1.807) is 0 Å². The molecule has 17 heavy (non-hydrogen) atoms. The normalized spacial score (nSPS) is 16.6. The van der Waals surface area contributed by atoms with Crippen molar-refractivity contribution < 1.29 is 4.74 Å². The van der Waals surface area contributed by atoms with Gasteiger partial charge in [-0.15, -0.1) is 0 Å². The number of ether oxygens (including phenoxy) is 1. The van der Waals surface area contributed by atoms with E-state index >= 15 is 0 Å². The molecule has 0 bridgehead atoms. The predicted octanol–water partition coefficient (Wildman–Crippen LogP) is 1.29. The van der Waals surface area contributed by atoms with Crippen molar-refractivity contribution in [3.05, 3.63) is 23.5 Å². The molecule has 1 saturated heterocycles. The lowest BCUT2D eigenvalue weighted by atomic mass is 10.2. The predicted molar refractivity (Wildman–Crippen MR) is 69.4 cm³/mol. The van der Waals surface area contributed by atoms with E-state index in [9.17, 15) is 0 Å². The van der Waals surface area contributed by atoms with Gasteiger partial charge < -0.3 is 14.5 Å². The molecule has 0 aromatic carbocycles. The Labute approximate surface area is 103 Å². The summed E-state index contributed by atoms with van der Waals surface area (Å²) >= 11 is 0. The Morgan fingerprint density at radius 2 is 2.00 bits per heavy atom. The fourth-order valence-corrected chi connectivity index (χ4v) is 2.11. The molecule has 0 N–H and O–H groups in total. The van der Waals surface area contributed by atoms with Gasteiger partial charge >= 0.3 is 0 Å². The van der Waals surface area contributed by atoms with Crippen LogP contribution in [0.5, 0.6) is 0 Å². The van der Waals surface area contributed by atoms with Gasteiger partial charge in [0.2, 0.25) is 0 Å². The van der Waals surface area contributed by atoms with Crippen molar-refractivity contribution in [3.8, 4) is 0 Å². The van der Waals surface area contributed by atoms with Crippen LogP contribution in [0.4, 0.5) is 5.69 Å². The molecule has 4 heteroatoms. The highest BCUT2D eigenvalue weighted by molar-refractivity contribution is 5.51. The number of aryl methyl sites for hydroxylation is 1. The van der Waals surface area contributed by atoms with E-state index in [-0.39, 0.29) is 0 Å². The molecule has 0 spiro atoms. The fraction of sp³-hybridized carbons (Fsp3) is 0.615. The number of pyridine rings is 1. The Kier molecular flexibility index (Phi) is 3.97. The molecular weight excluding hydrogens is 214 g/mol. The maximum absolute atomic E-state index is 5.39. The zero-order chi connectivity index (χ0) is 12.3. The van der Waals surface area contributed by atoms with Crippen LogP contribution in [0.1, 0.15) is 11.4 Å². The van der Waals surface area contributed by atoms with E-state index in [2.05, 4.69) is 41.0 Å². The van der Waals surface area contributed by atoms with Crippen molar-refractivity contribution in [1.82, 2.24) is 9.88 Å². The lowest BCUT2D eigenvalue weighted by Crippen LogP contribution is -2.37. The van der Waals surface area contributed by atoms with Gasteiger partial charge in [-0.3, -0.25) is 4.98 Å². The van der Waals surface area contributed by atoms with Crippen LogP contribution >= 0.6 is 0 Å². The summed E-state index contributed by atoms with van der Waals surface area (Å²) in [5.41, 5.74) is 3.50. The number of anilines is 1. The Balaban J connectivity index is 2.24. The number of rotatable bonds is 3. The summed E-state index contributed by atoms with van der Waals surface area (Å²) in [7, 11) is 4.15. The van der Waals surface area contributed by atoms with E-state index < -0.39 is 0 Å². The Bertz CT molecular complexity index is 373. The average Bonchev–Trinajstić information content (AvgIpc) is 2.29. The molecule has 1 aliphatic heterocycles. The van der Waals surface area contributed by atoms with E-state index in [1.807, 2.05) is 6.92 Å². The molecule has 1 aromatic heterocycles. The van der Waals surface area contributed by atoms with E-state index in [1.165, 1.54) is 5.69 Å². The van der Waals surface area contributed by atoms with Gasteiger partial charge in [-0.1, -0.05) is 0 Å². The first kappa shape index (κ1) is 12.3. The highest BCUT2D eigenvalue weighted by atomic mass is 16.5. The summed E-state index contributed by atoms with van der Waals surface area (Å²) in [6.07, 6.45) is 0. The molecule has 0 atom stereocenters. The molecule has 1 aliphatic rings. The number of nitrogens with zero attached hydrogens (tertiary/aromatic N) is 3. The molecule has 0 radical (unpaired) electrons. The van der Waals surface area contributed by atoms with Crippen LogP contribution in [0, 0.1) is 6.92 Å². The quantitative estimate of drug-likeness (QED) is 0.789. The van der Waals surface area contributed by atoms with Gasteiger partial charge in [0.15, 0.2) is 0 Å². The summed E-state index contributed by atoms with van der Waals surface area (Å²) < 4.78 is 5.39. The Hall–Kier alpha value is -1.13. The van der Waals surface area contributed by atoms with E-state index in [4.69, 9.17) is 4.74 Å². The monoisotopic (exact) mass is 235 g/mol. The summed E-state index contributed by atoms with van der Waals surface area (Å²) in [6.45, 7) is 6.48. The summed E-state index contributed by atoms with van der Waals surface area (Å²) in [5, 5.41) is 0. The van der Waals surface area contributed by atoms with Crippen molar-refractivity contribution in [2.75, 3.05) is 45.3 Å². The first-order valence-corrected chi connectivity index (χ1v) is 6.11. The number of hydrogen-bond acceptors (Lipinski definition) is 4. The third kappa shape index (κ3) is 3.17. The molecule has 2 heterocycles. The lowest BCUT2D eigenvalue weighted by Gasteiger charge is -2.30. The summed E-state index contributed by atoms with van der Waals surface area (Å²) in [5.74, 6) is 0. The number of morpholine rings is 1. The second-order valence-corrected chi connectivity index (χ2v) is 4.76. The van der Waals surface area contributed by atoms with Crippen molar-refractivity contribution in [2.45, 2.75) is 13.5 Å². The second-order valence-electron chi connectivity index (χ2n) is 4.76. The smallest absolute Gasteiger partial charge is 0.0779 e. The summed E-state index contributed by atoms with van der Waals surface area (Å²) in [4.78, 5) is 9.19. The molecule has 0 aliphatic carbocycles. The topological polar surface area (TPSA) is 28.6 Å². The zero-order valence-corrected chi connectivity index (χ0v) is 10.9. The van der Waals surface area contributed by atoms with Gasteiger partial charge in [0, 0.05) is 25.3 Å². The molecule has 0 saturated carbocycles. The van der Waals surface area contributed by atoms with Gasteiger partial charge in [0.1, 0.15) is 0 Å².